The predicted molar refractivity (Wildman–Crippen MR) is 65.0 cm³/mol. The fourth-order valence-electron chi connectivity index (χ4n) is 1.38. The van der Waals surface area contributed by atoms with E-state index in [0.717, 1.165) is 22.9 Å². The van der Waals surface area contributed by atoms with E-state index in [1.807, 2.05) is 24.4 Å². The molecule has 0 spiro atoms. The van der Waals surface area contributed by atoms with Crippen LogP contribution in [0.3, 0.4) is 0 Å². The Labute approximate surface area is 93.0 Å². The predicted octanol–water partition coefficient (Wildman–Crippen LogP) is 2.65. The van der Waals surface area contributed by atoms with Gasteiger partial charge in [0.05, 0.1) is 0 Å². The lowest BCUT2D eigenvalue weighted by atomic mass is 10.1. The maximum Gasteiger partial charge on any atom is 0.182 e. The van der Waals surface area contributed by atoms with Gasteiger partial charge in [-0.3, -0.25) is 0 Å². The van der Waals surface area contributed by atoms with Crippen molar-refractivity contribution in [2.45, 2.75) is 13.5 Å². The van der Waals surface area contributed by atoms with Gasteiger partial charge in [0.25, 0.3) is 0 Å². The first-order valence-corrected chi connectivity index (χ1v) is 5.62. The van der Waals surface area contributed by atoms with Gasteiger partial charge in [-0.1, -0.05) is 12.1 Å². The Morgan fingerprint density at radius 3 is 3.07 bits per heavy atom. The second-order valence-electron chi connectivity index (χ2n) is 3.32. The zero-order chi connectivity index (χ0) is 10.7. The fraction of sp³-hybridized carbons (Fsp3) is 0.182. The summed E-state index contributed by atoms with van der Waals surface area (Å²) in [5.41, 5.74) is 9.02. The Bertz CT molecular complexity index is 437. The van der Waals surface area contributed by atoms with Gasteiger partial charge in [0.15, 0.2) is 5.13 Å². The number of anilines is 2. The molecule has 0 atom stereocenters. The van der Waals surface area contributed by atoms with E-state index < -0.39 is 0 Å². The molecule has 3 nitrogen and oxygen atoms in total. The minimum Gasteiger partial charge on any atom is -0.399 e. The monoisotopic (exact) mass is 219 g/mol. The van der Waals surface area contributed by atoms with E-state index in [1.165, 1.54) is 5.56 Å². The van der Waals surface area contributed by atoms with Gasteiger partial charge in [-0.25, -0.2) is 4.98 Å². The zero-order valence-corrected chi connectivity index (χ0v) is 9.34. The van der Waals surface area contributed by atoms with Gasteiger partial charge in [-0.15, -0.1) is 11.3 Å². The summed E-state index contributed by atoms with van der Waals surface area (Å²) in [6.45, 7) is 2.80. The SMILES string of the molecule is Cc1c(N)cccc1CNc1nccs1. The molecule has 0 aliphatic rings. The van der Waals surface area contributed by atoms with Crippen LogP contribution in [-0.4, -0.2) is 4.98 Å². The second-order valence-corrected chi connectivity index (χ2v) is 4.22. The Kier molecular flexibility index (Phi) is 2.87. The Morgan fingerprint density at radius 2 is 2.33 bits per heavy atom. The van der Waals surface area contributed by atoms with Gasteiger partial charge in [-0.2, -0.15) is 0 Å². The van der Waals surface area contributed by atoms with Gasteiger partial charge in [0.1, 0.15) is 0 Å². The third-order valence-corrected chi connectivity index (χ3v) is 3.08. The molecule has 15 heavy (non-hydrogen) atoms. The van der Waals surface area contributed by atoms with Crippen LogP contribution in [-0.2, 0) is 6.54 Å². The molecule has 0 saturated carbocycles. The number of benzene rings is 1. The number of nitrogens with two attached hydrogens (primary N) is 1. The maximum atomic E-state index is 5.83. The number of nitrogens with zero attached hydrogens (tertiary/aromatic N) is 1. The van der Waals surface area contributed by atoms with E-state index in [-0.39, 0.29) is 0 Å². The summed E-state index contributed by atoms with van der Waals surface area (Å²) in [7, 11) is 0. The molecule has 0 aliphatic heterocycles. The minimum absolute atomic E-state index is 0.768. The largest absolute Gasteiger partial charge is 0.399 e. The highest BCUT2D eigenvalue weighted by Gasteiger charge is 2.01. The van der Waals surface area contributed by atoms with Gasteiger partial charge >= 0.3 is 0 Å². The molecule has 0 bridgehead atoms. The van der Waals surface area contributed by atoms with Crippen molar-refractivity contribution in [2.24, 2.45) is 0 Å². The van der Waals surface area contributed by atoms with Gasteiger partial charge in [0, 0.05) is 23.8 Å². The van der Waals surface area contributed by atoms with E-state index in [9.17, 15) is 0 Å². The van der Waals surface area contributed by atoms with Crippen LogP contribution in [0.4, 0.5) is 10.8 Å². The molecule has 3 N–H and O–H groups in total. The zero-order valence-electron chi connectivity index (χ0n) is 8.53. The highest BCUT2D eigenvalue weighted by molar-refractivity contribution is 7.13. The lowest BCUT2D eigenvalue weighted by Crippen LogP contribution is -2.02. The summed E-state index contributed by atoms with van der Waals surface area (Å²) in [5, 5.41) is 6.16. The molecule has 1 heterocycles. The van der Waals surface area contributed by atoms with Gasteiger partial charge < -0.3 is 11.1 Å². The quantitative estimate of drug-likeness (QED) is 0.780. The third kappa shape index (κ3) is 2.27. The second kappa shape index (κ2) is 4.31. The standard InChI is InChI=1S/C11H13N3S/c1-8-9(3-2-4-10(8)12)7-14-11-13-5-6-15-11/h2-6H,7,12H2,1H3,(H,13,14). The lowest BCUT2D eigenvalue weighted by Gasteiger charge is -2.08. The van der Waals surface area contributed by atoms with Crippen molar-refractivity contribution in [1.29, 1.82) is 0 Å². The van der Waals surface area contributed by atoms with Crippen molar-refractivity contribution >= 4 is 22.2 Å². The molecule has 2 rings (SSSR count). The average molecular weight is 219 g/mol. The molecule has 78 valence electrons. The van der Waals surface area contributed by atoms with E-state index in [0.29, 0.717) is 0 Å². The molecular formula is C11H13N3S. The summed E-state index contributed by atoms with van der Waals surface area (Å²) >= 11 is 1.60. The minimum atomic E-state index is 0.768. The van der Waals surface area contributed by atoms with Crippen molar-refractivity contribution in [3.05, 3.63) is 40.9 Å². The van der Waals surface area contributed by atoms with E-state index in [4.69, 9.17) is 5.73 Å². The molecule has 0 amide bonds. The van der Waals surface area contributed by atoms with Crippen molar-refractivity contribution < 1.29 is 0 Å². The number of nitrogens with one attached hydrogen (secondary N) is 1. The summed E-state index contributed by atoms with van der Waals surface area (Å²) in [6.07, 6.45) is 1.79. The van der Waals surface area contributed by atoms with Crippen LogP contribution in [0.2, 0.25) is 0 Å². The molecule has 4 heteroatoms. The van der Waals surface area contributed by atoms with Crippen LogP contribution in [0.25, 0.3) is 0 Å². The van der Waals surface area contributed by atoms with Crippen molar-refractivity contribution in [1.82, 2.24) is 4.98 Å². The number of hydrogen-bond acceptors (Lipinski definition) is 4. The molecule has 0 aliphatic carbocycles. The molecular weight excluding hydrogens is 206 g/mol. The third-order valence-electron chi connectivity index (χ3n) is 2.35. The number of hydrogen-bond donors (Lipinski definition) is 2. The topological polar surface area (TPSA) is 50.9 Å². The van der Waals surface area contributed by atoms with Crippen molar-refractivity contribution in [2.75, 3.05) is 11.1 Å². The summed E-state index contributed by atoms with van der Waals surface area (Å²) in [4.78, 5) is 4.16. The number of nitrogen functional groups attached to an aromatic ring is 1. The Morgan fingerprint density at radius 1 is 1.47 bits per heavy atom. The fourth-order valence-corrected chi connectivity index (χ4v) is 1.90. The number of rotatable bonds is 3. The molecule has 0 saturated heterocycles. The smallest absolute Gasteiger partial charge is 0.182 e. The molecule has 0 radical (unpaired) electrons. The van der Waals surface area contributed by atoms with Crippen LogP contribution >= 0.6 is 11.3 Å². The van der Waals surface area contributed by atoms with Crippen LogP contribution in [0.1, 0.15) is 11.1 Å². The average Bonchev–Trinajstić information content (AvgIpc) is 2.73. The van der Waals surface area contributed by atoms with E-state index >= 15 is 0 Å². The molecule has 1 aromatic heterocycles. The molecule has 0 unspecified atom stereocenters. The first kappa shape index (κ1) is 9.98. The number of aromatic nitrogens is 1. The highest BCUT2D eigenvalue weighted by Crippen LogP contribution is 2.18. The van der Waals surface area contributed by atoms with Gasteiger partial charge in [0.2, 0.25) is 0 Å². The Hall–Kier alpha value is -1.55. The number of thiazole rings is 1. The molecule has 0 fully saturated rings. The van der Waals surface area contributed by atoms with Crippen LogP contribution in [0.5, 0.6) is 0 Å². The normalized spacial score (nSPS) is 10.2. The summed E-state index contributed by atoms with van der Waals surface area (Å²) in [5.74, 6) is 0. The first-order valence-electron chi connectivity index (χ1n) is 4.74. The van der Waals surface area contributed by atoms with Crippen LogP contribution in [0, 0.1) is 6.92 Å². The molecule has 2 aromatic rings. The van der Waals surface area contributed by atoms with Crippen LogP contribution < -0.4 is 11.1 Å². The van der Waals surface area contributed by atoms with Gasteiger partial charge in [-0.05, 0) is 24.1 Å². The van der Waals surface area contributed by atoms with Crippen molar-refractivity contribution in [3.8, 4) is 0 Å². The molecule has 1 aromatic carbocycles. The van der Waals surface area contributed by atoms with E-state index in [1.54, 1.807) is 17.5 Å². The lowest BCUT2D eigenvalue weighted by molar-refractivity contribution is 1.11. The van der Waals surface area contributed by atoms with E-state index in [2.05, 4.69) is 16.4 Å². The van der Waals surface area contributed by atoms with Crippen molar-refractivity contribution in [3.63, 3.8) is 0 Å². The maximum absolute atomic E-state index is 5.83. The first-order chi connectivity index (χ1) is 7.27. The summed E-state index contributed by atoms with van der Waals surface area (Å²) < 4.78 is 0. The highest BCUT2D eigenvalue weighted by atomic mass is 32.1. The summed E-state index contributed by atoms with van der Waals surface area (Å²) in [6, 6.07) is 5.97. The Balaban J connectivity index is 2.08. The van der Waals surface area contributed by atoms with Crippen LogP contribution in [0.15, 0.2) is 29.8 Å².